The van der Waals surface area contributed by atoms with Gasteiger partial charge in [-0.15, -0.1) is 0 Å². The Morgan fingerprint density at radius 3 is 2.38 bits per heavy atom. The number of rotatable bonds is 5. The monoisotopic (exact) mass is 480 g/mol. The minimum Gasteiger partial charge on any atom is -0.483 e. The first-order valence-corrected chi connectivity index (χ1v) is 10.4. The number of ether oxygens (including phenoxy) is 1. The molecule has 5 nitrogen and oxygen atoms in total. The van der Waals surface area contributed by atoms with Crippen LogP contribution in [-0.2, 0) is 17.3 Å². The topological polar surface area (TPSA) is 49.9 Å². The Balaban J connectivity index is 1.96. The second-order valence-electron chi connectivity index (χ2n) is 8.79. The summed E-state index contributed by atoms with van der Waals surface area (Å²) in [7, 11) is 1.48. The Kier molecular flexibility index (Phi) is 5.45. The molecule has 34 heavy (non-hydrogen) atoms. The predicted octanol–water partition coefficient (Wildman–Crippen LogP) is 4.97. The van der Waals surface area contributed by atoms with Gasteiger partial charge in [-0.25, -0.2) is 0 Å². The van der Waals surface area contributed by atoms with Crippen molar-refractivity contribution in [3.63, 3.8) is 0 Å². The van der Waals surface area contributed by atoms with Crippen molar-refractivity contribution in [1.82, 2.24) is 9.80 Å². The molecule has 0 fully saturated rings. The highest BCUT2D eigenvalue weighted by Gasteiger charge is 2.59. The maximum Gasteiger partial charge on any atom is 0.458 e. The van der Waals surface area contributed by atoms with E-state index in [1.165, 1.54) is 16.8 Å². The number of fused-ring (bicyclic) bond motifs is 2. The van der Waals surface area contributed by atoms with Gasteiger partial charge in [0.25, 0.3) is 5.91 Å². The number of carbonyl (C=O) groups excluding carboxylic acids is 2. The van der Waals surface area contributed by atoms with E-state index in [0.29, 0.717) is 35.2 Å². The Hall–Kier alpha value is -3.43. The molecule has 2 aromatic rings. The summed E-state index contributed by atoms with van der Waals surface area (Å²) in [4.78, 5) is 27.3. The number of carbonyl (C=O) groups is 2. The summed E-state index contributed by atoms with van der Waals surface area (Å²) in [5, 5.41) is 0. The summed E-state index contributed by atoms with van der Waals surface area (Å²) >= 11 is 0. The van der Waals surface area contributed by atoms with Crippen LogP contribution in [0.5, 0.6) is 5.75 Å². The first-order chi connectivity index (χ1) is 15.8. The molecule has 2 amide bonds. The Morgan fingerprint density at radius 1 is 1.09 bits per heavy atom. The van der Waals surface area contributed by atoms with Crippen LogP contribution in [0.15, 0.2) is 48.0 Å². The number of benzene rings is 2. The summed E-state index contributed by atoms with van der Waals surface area (Å²) in [5.74, 6) is -5.48. The largest absolute Gasteiger partial charge is 0.483 e. The second kappa shape index (κ2) is 7.82. The molecule has 4 rings (SSSR count). The number of hydrogen-bond donors (Lipinski definition) is 0. The average Bonchev–Trinajstić information content (AvgIpc) is 3.09. The highest BCUT2D eigenvalue weighted by Crippen LogP contribution is 2.49. The smallest absolute Gasteiger partial charge is 0.458 e. The number of amides is 2. The van der Waals surface area contributed by atoms with E-state index in [0.717, 1.165) is 6.07 Å². The van der Waals surface area contributed by atoms with Crippen LogP contribution in [0.2, 0.25) is 0 Å². The summed E-state index contributed by atoms with van der Waals surface area (Å²) in [5.41, 5.74) is -0.804. The van der Waals surface area contributed by atoms with E-state index in [1.54, 1.807) is 38.1 Å². The number of alkyl halides is 5. The third kappa shape index (κ3) is 3.70. The standard InChI is InChI=1S/C24H21F5N2O3/c1-22(2)18(12-30(3)13-32)20(31-11-14-6-4-5-7-16(14)21(31)33)17-10-15(8-9-19(17)34-22)23(25,26)24(27,28)29/h4-10,13H,11-12H2,1-3H3. The fourth-order valence-electron chi connectivity index (χ4n) is 4.24. The first-order valence-electron chi connectivity index (χ1n) is 10.4. The first kappa shape index (κ1) is 23.7. The molecule has 0 aromatic heterocycles. The van der Waals surface area contributed by atoms with Gasteiger partial charge in [0.2, 0.25) is 6.41 Å². The van der Waals surface area contributed by atoms with Gasteiger partial charge in [0.05, 0.1) is 12.2 Å². The maximum atomic E-state index is 14.2. The molecule has 0 unspecified atom stereocenters. The summed E-state index contributed by atoms with van der Waals surface area (Å²) in [6.45, 7) is 3.41. The minimum absolute atomic E-state index is 0.0364. The molecular weight excluding hydrogens is 459 g/mol. The predicted molar refractivity (Wildman–Crippen MR) is 113 cm³/mol. The van der Waals surface area contributed by atoms with Crippen molar-refractivity contribution >= 4 is 18.0 Å². The number of nitrogens with zero attached hydrogens (tertiary/aromatic N) is 2. The lowest BCUT2D eigenvalue weighted by Crippen LogP contribution is -2.43. The fourth-order valence-corrected chi connectivity index (χ4v) is 4.24. The van der Waals surface area contributed by atoms with E-state index in [-0.39, 0.29) is 30.1 Å². The van der Waals surface area contributed by atoms with Crippen LogP contribution in [-0.4, -0.2) is 47.5 Å². The zero-order chi connectivity index (χ0) is 25.1. The summed E-state index contributed by atoms with van der Waals surface area (Å²) < 4.78 is 73.7. The van der Waals surface area contributed by atoms with E-state index in [2.05, 4.69) is 0 Å². The van der Waals surface area contributed by atoms with Crippen molar-refractivity contribution in [3.05, 3.63) is 70.3 Å². The van der Waals surface area contributed by atoms with Gasteiger partial charge in [-0.1, -0.05) is 18.2 Å². The van der Waals surface area contributed by atoms with Gasteiger partial charge in [0.15, 0.2) is 0 Å². The van der Waals surface area contributed by atoms with Crippen LogP contribution in [0.1, 0.15) is 40.9 Å². The van der Waals surface area contributed by atoms with Gasteiger partial charge in [0, 0.05) is 35.9 Å². The van der Waals surface area contributed by atoms with Crippen molar-refractivity contribution in [2.24, 2.45) is 0 Å². The van der Waals surface area contributed by atoms with Gasteiger partial charge < -0.3 is 14.5 Å². The van der Waals surface area contributed by atoms with Crippen molar-refractivity contribution < 1.29 is 36.3 Å². The second-order valence-corrected chi connectivity index (χ2v) is 8.79. The molecule has 2 aromatic carbocycles. The summed E-state index contributed by atoms with van der Waals surface area (Å²) in [6, 6.07) is 9.22. The molecule has 0 saturated carbocycles. The molecule has 10 heteroatoms. The molecule has 0 radical (unpaired) electrons. The highest BCUT2D eigenvalue weighted by atomic mass is 19.4. The molecule has 2 aliphatic rings. The van der Waals surface area contributed by atoms with Gasteiger partial charge in [-0.3, -0.25) is 9.59 Å². The van der Waals surface area contributed by atoms with Crippen LogP contribution in [0.25, 0.3) is 5.70 Å². The molecule has 0 N–H and O–H groups in total. The van der Waals surface area contributed by atoms with E-state index >= 15 is 0 Å². The van der Waals surface area contributed by atoms with Crippen molar-refractivity contribution in [3.8, 4) is 5.75 Å². The number of hydrogen-bond acceptors (Lipinski definition) is 3. The van der Waals surface area contributed by atoms with Gasteiger partial charge in [-0.05, 0) is 43.7 Å². The van der Waals surface area contributed by atoms with E-state index in [1.807, 2.05) is 0 Å². The van der Waals surface area contributed by atoms with Gasteiger partial charge >= 0.3 is 12.1 Å². The lowest BCUT2D eigenvalue weighted by molar-refractivity contribution is -0.289. The van der Waals surface area contributed by atoms with E-state index < -0.39 is 29.2 Å². The molecule has 0 saturated heterocycles. The zero-order valence-corrected chi connectivity index (χ0v) is 18.5. The number of likely N-dealkylation sites (N-methyl/N-ethyl adjacent to an activating group) is 1. The van der Waals surface area contributed by atoms with Crippen LogP contribution >= 0.6 is 0 Å². The molecule has 0 bridgehead atoms. The Labute approximate surface area is 192 Å². The van der Waals surface area contributed by atoms with Gasteiger partial charge in [-0.2, -0.15) is 22.0 Å². The van der Waals surface area contributed by atoms with Crippen LogP contribution < -0.4 is 4.74 Å². The normalized spacial score (nSPS) is 17.3. The molecule has 180 valence electrons. The zero-order valence-electron chi connectivity index (χ0n) is 18.5. The Morgan fingerprint density at radius 2 is 1.76 bits per heavy atom. The lowest BCUT2D eigenvalue weighted by atomic mass is 9.87. The molecule has 0 spiro atoms. The third-order valence-corrected chi connectivity index (χ3v) is 6.01. The average molecular weight is 480 g/mol. The van der Waals surface area contributed by atoms with Crippen molar-refractivity contribution in [2.75, 3.05) is 13.6 Å². The van der Waals surface area contributed by atoms with Crippen molar-refractivity contribution in [2.45, 2.75) is 38.1 Å². The molecule has 2 heterocycles. The van der Waals surface area contributed by atoms with Gasteiger partial charge in [0.1, 0.15) is 11.4 Å². The molecule has 0 aliphatic carbocycles. The minimum atomic E-state index is -5.81. The lowest BCUT2D eigenvalue weighted by Gasteiger charge is -2.40. The van der Waals surface area contributed by atoms with Crippen LogP contribution in [0.4, 0.5) is 22.0 Å². The van der Waals surface area contributed by atoms with Crippen LogP contribution in [0.3, 0.4) is 0 Å². The maximum absolute atomic E-state index is 14.2. The third-order valence-electron chi connectivity index (χ3n) is 6.01. The summed E-state index contributed by atoms with van der Waals surface area (Å²) in [6.07, 6.45) is -5.26. The van der Waals surface area contributed by atoms with Crippen LogP contribution in [0, 0.1) is 0 Å². The Bertz CT molecular complexity index is 1200. The fraction of sp³-hybridized carbons (Fsp3) is 0.333. The van der Waals surface area contributed by atoms with E-state index in [9.17, 15) is 31.5 Å². The van der Waals surface area contributed by atoms with E-state index in [4.69, 9.17) is 4.74 Å². The SMILES string of the molecule is CN(C=O)CC1=C(N2Cc3ccccc3C2=O)c2cc(C(F)(F)C(F)(F)F)ccc2OC1(C)C. The molecule has 0 atom stereocenters. The molecule has 2 aliphatic heterocycles. The highest BCUT2D eigenvalue weighted by molar-refractivity contribution is 6.04. The molecular formula is C24H21F5N2O3. The quantitative estimate of drug-likeness (QED) is 0.449. The number of halogens is 5. The van der Waals surface area contributed by atoms with Crippen molar-refractivity contribution in [1.29, 1.82) is 0 Å².